The lowest BCUT2D eigenvalue weighted by Crippen LogP contribution is -2.25. The van der Waals surface area contributed by atoms with Gasteiger partial charge in [-0.15, -0.1) is 6.42 Å². The number of hydrogen-bond acceptors (Lipinski definition) is 2. The van der Waals surface area contributed by atoms with Crippen LogP contribution in [0.5, 0.6) is 0 Å². The molecule has 0 spiro atoms. The summed E-state index contributed by atoms with van der Waals surface area (Å²) in [4.78, 5) is 2.19. The first-order valence-corrected chi connectivity index (χ1v) is 6.09. The number of unbranched alkanes of at least 4 members (excludes halogenated alkanes) is 1. The molecule has 0 bridgehead atoms. The summed E-state index contributed by atoms with van der Waals surface area (Å²) < 4.78 is 0. The molecule has 1 atom stereocenters. The Morgan fingerprint density at radius 2 is 2.00 bits per heavy atom. The molecular weight excluding hydrogens is 210 g/mol. The van der Waals surface area contributed by atoms with Crippen molar-refractivity contribution in [1.82, 2.24) is 4.90 Å². The molecule has 92 valence electrons. The fourth-order valence-electron chi connectivity index (χ4n) is 2.02. The zero-order valence-corrected chi connectivity index (χ0v) is 10.5. The summed E-state index contributed by atoms with van der Waals surface area (Å²) in [6, 6.07) is 10.7. The average Bonchev–Trinajstić information content (AvgIpc) is 2.36. The lowest BCUT2D eigenvalue weighted by molar-refractivity contribution is 0.238. The Morgan fingerprint density at radius 3 is 2.59 bits per heavy atom. The minimum absolute atomic E-state index is 0.264. The third kappa shape index (κ3) is 4.60. The van der Waals surface area contributed by atoms with Gasteiger partial charge in [0.25, 0.3) is 0 Å². The maximum absolute atomic E-state index is 8.85. The molecule has 1 aromatic rings. The largest absolute Gasteiger partial charge is 0.396 e. The molecule has 0 aliphatic rings. The predicted octanol–water partition coefficient (Wildman–Crippen LogP) is 2.46. The normalized spacial score (nSPS) is 12.4. The minimum Gasteiger partial charge on any atom is -0.396 e. The number of hydrogen-bond donors (Lipinski definition) is 1. The van der Waals surface area contributed by atoms with E-state index in [2.05, 4.69) is 42.1 Å². The second-order valence-corrected chi connectivity index (χ2v) is 4.27. The highest BCUT2D eigenvalue weighted by atomic mass is 16.2. The molecule has 17 heavy (non-hydrogen) atoms. The molecule has 1 rings (SSSR count). The minimum atomic E-state index is 0.264. The highest BCUT2D eigenvalue weighted by Crippen LogP contribution is 2.24. The number of aliphatic hydroxyl groups excluding tert-OH is 1. The molecular formula is C15H21NO. The van der Waals surface area contributed by atoms with Crippen molar-refractivity contribution in [3.63, 3.8) is 0 Å². The van der Waals surface area contributed by atoms with Gasteiger partial charge < -0.3 is 5.11 Å². The molecule has 0 aliphatic heterocycles. The van der Waals surface area contributed by atoms with E-state index in [0.29, 0.717) is 12.6 Å². The van der Waals surface area contributed by atoms with Crippen LogP contribution in [0.15, 0.2) is 30.3 Å². The van der Waals surface area contributed by atoms with E-state index in [9.17, 15) is 0 Å². The molecule has 1 N–H and O–H groups in total. The topological polar surface area (TPSA) is 23.5 Å². The summed E-state index contributed by atoms with van der Waals surface area (Å²) in [5.41, 5.74) is 1.29. The molecule has 0 saturated heterocycles. The van der Waals surface area contributed by atoms with Crippen molar-refractivity contribution < 1.29 is 5.11 Å². The molecule has 0 saturated carbocycles. The number of terminal acetylenes is 1. The summed E-state index contributed by atoms with van der Waals surface area (Å²) >= 11 is 0. The van der Waals surface area contributed by atoms with Gasteiger partial charge in [-0.25, -0.2) is 0 Å². The highest BCUT2D eigenvalue weighted by Gasteiger charge is 2.15. The van der Waals surface area contributed by atoms with Gasteiger partial charge >= 0.3 is 0 Å². The summed E-state index contributed by atoms with van der Waals surface area (Å²) in [6.07, 6.45) is 8.27. The Kier molecular flexibility index (Phi) is 6.39. The predicted molar refractivity (Wildman–Crippen MR) is 71.6 cm³/mol. The highest BCUT2D eigenvalue weighted by molar-refractivity contribution is 5.19. The van der Waals surface area contributed by atoms with Crippen LogP contribution in [0.4, 0.5) is 0 Å². The lowest BCUT2D eigenvalue weighted by atomic mass is 10.00. The van der Waals surface area contributed by atoms with Gasteiger partial charge in [0.05, 0.1) is 6.54 Å². The van der Waals surface area contributed by atoms with Gasteiger partial charge in [-0.05, 0) is 31.9 Å². The Bertz CT molecular complexity index is 342. The van der Waals surface area contributed by atoms with Crippen LogP contribution >= 0.6 is 0 Å². The van der Waals surface area contributed by atoms with E-state index in [1.165, 1.54) is 5.56 Å². The van der Waals surface area contributed by atoms with Crippen LogP contribution in [0.2, 0.25) is 0 Å². The first-order chi connectivity index (χ1) is 8.29. The van der Waals surface area contributed by atoms with Crippen molar-refractivity contribution in [2.75, 3.05) is 20.2 Å². The van der Waals surface area contributed by atoms with Crippen LogP contribution in [0.25, 0.3) is 0 Å². The maximum atomic E-state index is 8.85. The van der Waals surface area contributed by atoms with Crippen LogP contribution < -0.4 is 0 Å². The number of aliphatic hydroxyl groups is 1. The van der Waals surface area contributed by atoms with Gasteiger partial charge in [0, 0.05) is 12.6 Å². The van der Waals surface area contributed by atoms with Gasteiger partial charge in [-0.3, -0.25) is 4.90 Å². The number of rotatable bonds is 7. The zero-order chi connectivity index (χ0) is 12.5. The van der Waals surface area contributed by atoms with Gasteiger partial charge in [0.1, 0.15) is 0 Å². The van der Waals surface area contributed by atoms with E-state index in [4.69, 9.17) is 11.5 Å². The van der Waals surface area contributed by atoms with Crippen molar-refractivity contribution in [2.45, 2.75) is 25.3 Å². The fraction of sp³-hybridized carbons (Fsp3) is 0.467. The van der Waals surface area contributed by atoms with Crippen LogP contribution in [-0.4, -0.2) is 30.2 Å². The van der Waals surface area contributed by atoms with Crippen LogP contribution in [0.1, 0.15) is 30.9 Å². The first kappa shape index (κ1) is 13.8. The summed E-state index contributed by atoms with van der Waals surface area (Å²) in [5.74, 6) is 2.68. The maximum Gasteiger partial charge on any atom is 0.0601 e. The van der Waals surface area contributed by atoms with E-state index in [1.54, 1.807) is 0 Å². The van der Waals surface area contributed by atoms with Crippen molar-refractivity contribution in [3.05, 3.63) is 35.9 Å². The SMILES string of the molecule is C#CCN(C)C(CCCCO)c1ccccc1. The Balaban J connectivity index is 2.69. The van der Waals surface area contributed by atoms with Gasteiger partial charge in [0.15, 0.2) is 0 Å². The molecule has 2 heteroatoms. The second-order valence-electron chi connectivity index (χ2n) is 4.27. The smallest absolute Gasteiger partial charge is 0.0601 e. The molecule has 0 fully saturated rings. The molecule has 1 aromatic carbocycles. The molecule has 0 aromatic heterocycles. The molecule has 2 nitrogen and oxygen atoms in total. The molecule has 0 amide bonds. The monoisotopic (exact) mass is 231 g/mol. The quantitative estimate of drug-likeness (QED) is 0.575. The second kappa shape index (κ2) is 7.89. The Morgan fingerprint density at radius 1 is 1.29 bits per heavy atom. The van der Waals surface area contributed by atoms with Gasteiger partial charge in [-0.1, -0.05) is 36.3 Å². The van der Waals surface area contributed by atoms with E-state index < -0.39 is 0 Å². The van der Waals surface area contributed by atoms with Crippen LogP contribution in [0, 0.1) is 12.3 Å². The lowest BCUT2D eigenvalue weighted by Gasteiger charge is -2.26. The van der Waals surface area contributed by atoms with Gasteiger partial charge in [0.2, 0.25) is 0 Å². The molecule has 0 radical (unpaired) electrons. The Labute approximate surface area is 104 Å². The Hall–Kier alpha value is -1.30. The van der Waals surface area contributed by atoms with Crippen LogP contribution in [0.3, 0.4) is 0 Å². The third-order valence-corrected chi connectivity index (χ3v) is 2.94. The molecule has 0 aliphatic carbocycles. The van der Waals surface area contributed by atoms with Crippen molar-refractivity contribution in [3.8, 4) is 12.3 Å². The standard InChI is InChI=1S/C15H21NO/c1-3-12-16(2)15(11-7-8-13-17)14-9-5-4-6-10-14/h1,4-6,9-10,15,17H,7-8,11-13H2,2H3. The summed E-state index contributed by atoms with van der Waals surface area (Å²) in [7, 11) is 2.05. The molecule has 1 unspecified atom stereocenters. The fourth-order valence-corrected chi connectivity index (χ4v) is 2.02. The average molecular weight is 231 g/mol. The third-order valence-electron chi connectivity index (χ3n) is 2.94. The summed E-state index contributed by atoms with van der Waals surface area (Å²) in [6.45, 7) is 0.916. The van der Waals surface area contributed by atoms with E-state index in [1.807, 2.05) is 6.07 Å². The number of benzene rings is 1. The molecule has 0 heterocycles. The van der Waals surface area contributed by atoms with Crippen molar-refractivity contribution in [1.29, 1.82) is 0 Å². The van der Waals surface area contributed by atoms with Crippen molar-refractivity contribution in [2.24, 2.45) is 0 Å². The summed E-state index contributed by atoms with van der Waals surface area (Å²) in [5, 5.41) is 8.85. The zero-order valence-electron chi connectivity index (χ0n) is 10.5. The number of nitrogens with zero attached hydrogens (tertiary/aromatic N) is 1. The van der Waals surface area contributed by atoms with E-state index in [-0.39, 0.29) is 6.61 Å². The first-order valence-electron chi connectivity index (χ1n) is 6.09. The van der Waals surface area contributed by atoms with Crippen LogP contribution in [-0.2, 0) is 0 Å². The van der Waals surface area contributed by atoms with Gasteiger partial charge in [-0.2, -0.15) is 0 Å². The van der Waals surface area contributed by atoms with Crippen molar-refractivity contribution >= 4 is 0 Å². The van der Waals surface area contributed by atoms with E-state index >= 15 is 0 Å². The van der Waals surface area contributed by atoms with E-state index in [0.717, 1.165) is 19.3 Å².